The fraction of sp³-hybridized carbons (Fsp3) is 0.443. The van der Waals surface area contributed by atoms with Crippen LogP contribution in [0, 0.1) is 0 Å². The molecular weight excluding hydrogens is 1470 g/mol. The molecule has 610 valence electrons. The summed E-state index contributed by atoms with van der Waals surface area (Å²) in [5.41, 5.74) is 10.9. The van der Waals surface area contributed by atoms with E-state index < -0.39 is 42.2 Å². The van der Waals surface area contributed by atoms with Crippen LogP contribution >= 0.6 is 0 Å². The highest BCUT2D eigenvalue weighted by molar-refractivity contribution is 6.03. The summed E-state index contributed by atoms with van der Waals surface area (Å²) in [5, 5.41) is 18.5. The first-order valence-corrected chi connectivity index (χ1v) is 36.3. The molecule has 0 bridgehead atoms. The van der Waals surface area contributed by atoms with Crippen LogP contribution in [-0.4, -0.2) is 225 Å². The molecule has 0 radical (unpaired) electrons. The molecule has 1 saturated heterocycles. The van der Waals surface area contributed by atoms with Crippen molar-refractivity contribution in [3.63, 3.8) is 0 Å². The normalized spacial score (nSPS) is 14.1. The van der Waals surface area contributed by atoms with Gasteiger partial charge in [-0.1, -0.05) is 0 Å². The second-order valence-corrected chi connectivity index (χ2v) is 26.7. The third-order valence-electron chi connectivity index (χ3n) is 18.5. The van der Waals surface area contributed by atoms with E-state index in [-0.39, 0.29) is 103 Å². The average molecular weight is 1570 g/mol. The fourth-order valence-electron chi connectivity index (χ4n) is 12.9. The van der Waals surface area contributed by atoms with Crippen LogP contribution in [0.25, 0.3) is 44.1 Å². The zero-order valence-corrected chi connectivity index (χ0v) is 65.3. The van der Waals surface area contributed by atoms with E-state index in [1.165, 1.54) is 29.0 Å². The summed E-state index contributed by atoms with van der Waals surface area (Å²) < 4.78 is 69.4. The van der Waals surface area contributed by atoms with Gasteiger partial charge in [0.15, 0.2) is 11.6 Å². The minimum atomic E-state index is -1.16. The van der Waals surface area contributed by atoms with Gasteiger partial charge >= 0.3 is 5.97 Å². The van der Waals surface area contributed by atoms with Crippen molar-refractivity contribution in [1.82, 2.24) is 53.2 Å². The standard InChI is InChI=1S/C39H48N6O10.C27H39N5O6.C12H11NO5.CH3F/c1-42(22-29-32(52-4)19-26(20-33(29)53-5)28-23-44(3)39(51)37-27(28)12-14-43(37)2)24-35(48)40-13-16-55-18-17-54-15-6-7-31(46)25-8-11-36(49)45(21-25)30-9-10-34(47)41-38(30)50;1-30(18-25(33)29-8-11-38-13-12-37-10-7-28)16-22-23(35-4)14-19(15-24(22)36-5)21-17-32(3)27(34)26-20(21)6-9-31(26)2;14-8-2-3-9(10(15)5-8)13-6-7(12(17)18)1-4-11(13)16;1-2/h8,11-12,14,19-21,23,30H,6-7,9-10,13,15-18,22,24H2,1-5H3,(H,40,48)(H,41,47,50);6,9,14-15,17H,7-8,10-13,16,18,28H2,1-5H3,(H,29,33);1,4,6,9H,2-3,5H2,(H,17,18);1H3/i;;;1D. The van der Waals surface area contributed by atoms with Gasteiger partial charge in [-0.2, -0.15) is 0 Å². The number of methoxy groups -OCH3 is 4. The largest absolute Gasteiger partial charge is 0.496 e. The lowest BCUT2D eigenvalue weighted by atomic mass is 9.92. The van der Waals surface area contributed by atoms with Crippen molar-refractivity contribution >= 4 is 68.8 Å². The quantitative estimate of drug-likeness (QED) is 0.0160. The highest BCUT2D eigenvalue weighted by Gasteiger charge is 2.31. The molecule has 2 aromatic carbocycles. The Kier molecular flexibility index (Phi) is 33.6. The molecule has 2 aliphatic rings. The number of hydrogen-bond acceptors (Lipinski definition) is 23. The van der Waals surface area contributed by atoms with Crippen molar-refractivity contribution in [2.45, 2.75) is 70.1 Å². The van der Waals surface area contributed by atoms with E-state index in [2.05, 4.69) is 16.0 Å². The number of ether oxygens (including phenoxy) is 8. The summed E-state index contributed by atoms with van der Waals surface area (Å²) >= 11 is 0. The van der Waals surface area contributed by atoms with Crippen molar-refractivity contribution in [3.8, 4) is 45.3 Å². The van der Waals surface area contributed by atoms with Crippen molar-refractivity contribution in [3.05, 3.63) is 162 Å². The zero-order valence-electron chi connectivity index (χ0n) is 66.3. The maximum Gasteiger partial charge on any atom is 0.337 e. The number of ketones is 3. The Labute approximate surface area is 652 Å². The van der Waals surface area contributed by atoms with E-state index in [9.17, 15) is 61.9 Å². The number of nitrogens with two attached hydrogens (primary N) is 1. The number of carbonyl (C=O) groups excluding carboxylic acids is 7. The van der Waals surface area contributed by atoms with Crippen LogP contribution < -0.4 is 62.9 Å². The number of hydrogen-bond donors (Lipinski definition) is 5. The van der Waals surface area contributed by atoms with Gasteiger partial charge < -0.3 is 86.8 Å². The first kappa shape index (κ1) is 87.3. The van der Waals surface area contributed by atoms with Gasteiger partial charge in [-0.05, 0) is 93.0 Å². The van der Waals surface area contributed by atoms with Crippen LogP contribution in [0.3, 0.4) is 0 Å². The number of fused-ring (bicyclic) bond motifs is 2. The van der Waals surface area contributed by atoms with Gasteiger partial charge in [0.25, 0.3) is 22.2 Å². The number of pyridine rings is 4. The number of benzene rings is 2. The van der Waals surface area contributed by atoms with Crippen molar-refractivity contribution in [1.29, 1.82) is 0 Å². The summed E-state index contributed by atoms with van der Waals surface area (Å²) in [5.74, 6) is -0.596. The number of aromatic carboxylic acids is 1. The second kappa shape index (κ2) is 43.5. The van der Waals surface area contributed by atoms with E-state index in [4.69, 9.17) is 50.1 Å². The minimum Gasteiger partial charge on any atom is -0.496 e. The van der Waals surface area contributed by atoms with Gasteiger partial charge in [0, 0.05) is 164 Å². The SMILES string of the molecule is COc1cc(-c2cn(C)c(=O)c3c2ccn3C)cc(OC)c1CN(C)CC(=O)NCCOCCOCCCC(=O)c1ccc(=O)n(C2CCC(=O)NC2=O)c1.COc1cc(-c2cn(C)c(=O)c3c2ccn3C)cc(OC)c1CN(C)CC(=O)NCCOCCOCCN.O=C1CCC(n2cc(C(=O)O)ccc2=O)C(=O)C1.[2H]CF. The topological polar surface area (TPSA) is 397 Å². The first-order chi connectivity index (χ1) is 54.6. The summed E-state index contributed by atoms with van der Waals surface area (Å²) in [6.07, 6.45) is 11.2. The zero-order chi connectivity index (χ0) is 83.3. The summed E-state index contributed by atoms with van der Waals surface area (Å²) in [6, 6.07) is 15.0. The second-order valence-electron chi connectivity index (χ2n) is 26.7. The van der Waals surface area contributed by atoms with E-state index in [0.717, 1.165) is 61.0 Å². The van der Waals surface area contributed by atoms with Gasteiger partial charge in [-0.15, -0.1) is 0 Å². The third-order valence-corrected chi connectivity index (χ3v) is 18.5. The molecule has 1 saturated carbocycles. The van der Waals surface area contributed by atoms with Crippen molar-refractivity contribution in [2.24, 2.45) is 33.9 Å². The van der Waals surface area contributed by atoms with Crippen LogP contribution in [0.1, 0.15) is 90.2 Å². The van der Waals surface area contributed by atoms with E-state index in [1.807, 2.05) is 102 Å². The fourth-order valence-corrected chi connectivity index (χ4v) is 12.9. The van der Waals surface area contributed by atoms with E-state index in [0.29, 0.717) is 132 Å². The number of aromatic nitrogens is 6. The van der Waals surface area contributed by atoms with Crippen molar-refractivity contribution in [2.75, 3.05) is 135 Å². The predicted octanol–water partition coefficient (Wildman–Crippen LogP) is 4.04. The van der Waals surface area contributed by atoms with Crippen LogP contribution in [0.4, 0.5) is 4.39 Å². The predicted molar refractivity (Wildman–Crippen MR) is 418 cm³/mol. The molecule has 113 heavy (non-hydrogen) atoms. The summed E-state index contributed by atoms with van der Waals surface area (Å²) in [7, 11) is 16.2. The molecule has 0 spiro atoms. The number of carbonyl (C=O) groups is 8. The first-order valence-electron chi connectivity index (χ1n) is 37.0. The molecule has 2 atom stereocenters. The van der Waals surface area contributed by atoms with Gasteiger partial charge in [0.05, 0.1) is 125 Å². The molecule has 8 aromatic rings. The smallest absolute Gasteiger partial charge is 0.337 e. The third kappa shape index (κ3) is 24.1. The minimum absolute atomic E-state index is 0.0562. The Morgan fingerprint density at radius 3 is 1.43 bits per heavy atom. The lowest BCUT2D eigenvalue weighted by Gasteiger charge is -2.23. The number of nitrogens with one attached hydrogen (secondary N) is 3. The molecule has 6 aromatic heterocycles. The number of carboxylic acids is 1. The number of amides is 4. The Bertz CT molecular complexity index is 4920. The van der Waals surface area contributed by atoms with Crippen LogP contribution in [0.5, 0.6) is 23.0 Å². The Morgan fingerprint density at radius 1 is 0.575 bits per heavy atom. The molecule has 1 aliphatic heterocycles. The Balaban J connectivity index is 0.000000261. The number of likely N-dealkylation sites (N-methyl/N-ethyl adjacent to an activating group) is 2. The number of piperidine rings is 1. The lowest BCUT2D eigenvalue weighted by molar-refractivity contribution is -0.136. The molecule has 2 unspecified atom stereocenters. The molecule has 1 aliphatic carbocycles. The molecule has 33 nitrogen and oxygen atoms in total. The highest BCUT2D eigenvalue weighted by atomic mass is 19.1. The number of nitrogens with zero attached hydrogens (tertiary/aromatic N) is 8. The molecule has 10 rings (SSSR count). The number of rotatable bonds is 36. The Hall–Kier alpha value is -11.3. The van der Waals surface area contributed by atoms with Crippen LogP contribution in [0.2, 0.25) is 0 Å². The van der Waals surface area contributed by atoms with Gasteiger partial charge in [0.2, 0.25) is 23.6 Å². The summed E-state index contributed by atoms with van der Waals surface area (Å²) in [4.78, 5) is 148. The van der Waals surface area contributed by atoms with E-state index in [1.54, 1.807) is 57.9 Å². The van der Waals surface area contributed by atoms with Crippen LogP contribution in [-0.2, 0) is 89.0 Å². The number of halogens is 1. The number of carboxylic acid groups (broad SMARTS) is 1. The van der Waals surface area contributed by atoms with Gasteiger partial charge in [0.1, 0.15) is 45.9 Å². The highest BCUT2D eigenvalue weighted by Crippen LogP contribution is 2.40. The molecular formula is C79H101FN12O21. The number of aryl methyl sites for hydroxylation is 4. The molecule has 2 fully saturated rings. The number of alkyl halides is 1. The molecule has 34 heteroatoms. The van der Waals surface area contributed by atoms with Gasteiger partial charge in [-0.25, -0.2) is 4.79 Å². The molecule has 4 amide bonds. The molecule has 7 heterocycles. The van der Waals surface area contributed by atoms with Gasteiger partial charge in [-0.3, -0.25) is 72.2 Å². The summed E-state index contributed by atoms with van der Waals surface area (Å²) in [6.45, 7) is 5.44. The maximum absolute atomic E-state index is 12.8. The monoisotopic (exact) mass is 1570 g/mol. The Morgan fingerprint density at radius 2 is 1.00 bits per heavy atom. The van der Waals surface area contributed by atoms with E-state index >= 15 is 0 Å². The molecule has 6 N–H and O–H groups in total. The van der Waals surface area contributed by atoms with Crippen molar-refractivity contribution < 1.29 is 87.1 Å². The lowest BCUT2D eigenvalue weighted by Crippen LogP contribution is -2.44. The average Bonchev–Trinajstić information content (AvgIpc) is 1.52. The van der Waals surface area contributed by atoms with Crippen LogP contribution in [0.15, 0.2) is 117 Å². The number of imide groups is 1. The maximum atomic E-state index is 12.8. The number of Topliss-reactive ketones (excluding diaryl/α,β-unsaturated/α-hetero) is 3.